The summed E-state index contributed by atoms with van der Waals surface area (Å²) in [7, 11) is -2.59. The predicted molar refractivity (Wildman–Crippen MR) is 73.1 cm³/mol. The fourth-order valence-corrected chi connectivity index (χ4v) is 2.01. The van der Waals surface area contributed by atoms with Crippen LogP contribution in [0.25, 0.3) is 0 Å². The van der Waals surface area contributed by atoms with E-state index in [2.05, 4.69) is 15.5 Å². The van der Waals surface area contributed by atoms with Gasteiger partial charge < -0.3 is 14.9 Å². The van der Waals surface area contributed by atoms with Crippen molar-refractivity contribution >= 4 is 21.1 Å². The van der Waals surface area contributed by atoms with Crippen LogP contribution < -0.4 is 5.32 Å². The smallest absolute Gasteiger partial charge is 0.262 e. The fraction of sp³-hybridized carbons (Fsp3) is 0.667. The van der Waals surface area contributed by atoms with Gasteiger partial charge in [0.1, 0.15) is 4.86 Å². The Bertz CT molecular complexity index is 654. The number of amides is 1. The maximum absolute atomic E-state index is 11.7. The van der Waals surface area contributed by atoms with Crippen LogP contribution in [-0.4, -0.2) is 40.5 Å². The van der Waals surface area contributed by atoms with E-state index >= 15 is 0 Å². The SMILES string of the molecule is CC[C@H](NC(=O)C(C)=S(=O)=O)C(O)c1nc(C2CC2)no1. The zero-order valence-corrected chi connectivity index (χ0v) is 12.6. The summed E-state index contributed by atoms with van der Waals surface area (Å²) in [5.41, 5.74) is 0. The van der Waals surface area contributed by atoms with E-state index < -0.39 is 28.3 Å². The number of nitrogens with one attached hydrogen (secondary N) is 1. The Balaban J connectivity index is 2.08. The van der Waals surface area contributed by atoms with Crippen molar-refractivity contribution in [2.45, 2.75) is 51.2 Å². The van der Waals surface area contributed by atoms with E-state index in [1.807, 2.05) is 0 Å². The van der Waals surface area contributed by atoms with Crippen molar-refractivity contribution in [3.63, 3.8) is 0 Å². The highest BCUT2D eigenvalue weighted by molar-refractivity contribution is 7.74. The van der Waals surface area contributed by atoms with Crippen LogP contribution in [0.1, 0.15) is 56.8 Å². The molecule has 1 heterocycles. The highest BCUT2D eigenvalue weighted by Gasteiger charge is 2.32. The van der Waals surface area contributed by atoms with E-state index in [4.69, 9.17) is 4.52 Å². The quantitative estimate of drug-likeness (QED) is 0.705. The van der Waals surface area contributed by atoms with Crippen LogP contribution >= 0.6 is 0 Å². The van der Waals surface area contributed by atoms with Crippen molar-refractivity contribution in [3.8, 4) is 0 Å². The zero-order valence-electron chi connectivity index (χ0n) is 11.7. The van der Waals surface area contributed by atoms with Crippen LogP contribution in [0.4, 0.5) is 0 Å². The summed E-state index contributed by atoms with van der Waals surface area (Å²) < 4.78 is 26.5. The zero-order chi connectivity index (χ0) is 15.6. The van der Waals surface area contributed by atoms with E-state index in [1.54, 1.807) is 6.92 Å². The van der Waals surface area contributed by atoms with Gasteiger partial charge in [-0.3, -0.25) is 4.79 Å². The molecule has 1 aliphatic rings. The first-order chi connectivity index (χ1) is 9.93. The van der Waals surface area contributed by atoms with Gasteiger partial charge in [-0.25, -0.2) is 0 Å². The van der Waals surface area contributed by atoms with Crippen LogP contribution in [0.15, 0.2) is 4.52 Å². The number of aromatic nitrogens is 2. The molecule has 0 aromatic carbocycles. The molecule has 2 atom stereocenters. The number of carbonyl (C=O) groups excluding carboxylic acids is 1. The van der Waals surface area contributed by atoms with Gasteiger partial charge in [0.05, 0.1) is 6.04 Å². The Hall–Kier alpha value is -1.74. The Labute approximate surface area is 123 Å². The molecule has 1 unspecified atom stereocenters. The van der Waals surface area contributed by atoms with Gasteiger partial charge in [0.2, 0.25) is 10.3 Å². The third-order valence-corrected chi connectivity index (χ3v) is 4.05. The number of hydrogen-bond acceptors (Lipinski definition) is 7. The third kappa shape index (κ3) is 3.67. The van der Waals surface area contributed by atoms with Crippen LogP contribution in [0.5, 0.6) is 0 Å². The second kappa shape index (κ2) is 6.35. The van der Waals surface area contributed by atoms with E-state index in [0.717, 1.165) is 12.8 Å². The lowest BCUT2D eigenvalue weighted by Crippen LogP contribution is -2.42. The molecule has 0 saturated heterocycles. The molecule has 0 bridgehead atoms. The van der Waals surface area contributed by atoms with Crippen LogP contribution in [0.2, 0.25) is 0 Å². The summed E-state index contributed by atoms with van der Waals surface area (Å²) in [4.78, 5) is 15.5. The average Bonchev–Trinajstić information content (AvgIpc) is 3.20. The van der Waals surface area contributed by atoms with Gasteiger partial charge in [0.15, 0.2) is 11.9 Å². The number of aliphatic hydroxyl groups excluding tert-OH is 1. The molecule has 1 amide bonds. The number of aliphatic hydroxyl groups is 1. The standard InChI is InChI=1S/C12H17N3O5S/c1-3-8(13-11(17)6(2)21(18)19)9(16)12-14-10(15-20-12)7-4-5-7/h7-9,16H,3-5H2,1-2H3,(H,13,17)/t8-,9?/m0/s1. The molecule has 8 nitrogen and oxygen atoms in total. The maximum atomic E-state index is 11.7. The first-order valence-corrected chi connectivity index (χ1v) is 7.76. The van der Waals surface area contributed by atoms with Crippen molar-refractivity contribution in [2.75, 3.05) is 0 Å². The molecule has 0 radical (unpaired) electrons. The first kappa shape index (κ1) is 15.6. The molecule has 9 heteroatoms. The van der Waals surface area contributed by atoms with Crippen LogP contribution in [0, 0.1) is 0 Å². The fourth-order valence-electron chi connectivity index (χ4n) is 1.80. The molecule has 2 N–H and O–H groups in total. The number of carbonyl (C=O) groups is 1. The molecule has 1 aromatic heterocycles. The number of hydrogen-bond donors (Lipinski definition) is 2. The topological polar surface area (TPSA) is 122 Å². The molecule has 1 aliphatic carbocycles. The molecule has 1 saturated carbocycles. The van der Waals surface area contributed by atoms with E-state index in [0.29, 0.717) is 18.2 Å². The van der Waals surface area contributed by atoms with E-state index in [1.165, 1.54) is 6.92 Å². The Morgan fingerprint density at radius 2 is 2.19 bits per heavy atom. The molecular formula is C12H17N3O5S. The van der Waals surface area contributed by atoms with Crippen molar-refractivity contribution in [3.05, 3.63) is 11.7 Å². The van der Waals surface area contributed by atoms with Crippen molar-refractivity contribution in [2.24, 2.45) is 0 Å². The maximum Gasteiger partial charge on any atom is 0.262 e. The average molecular weight is 315 g/mol. The van der Waals surface area contributed by atoms with Gasteiger partial charge in [-0.05, 0) is 26.2 Å². The minimum Gasteiger partial charge on any atom is -0.381 e. The second-order valence-corrected chi connectivity index (χ2v) is 6.07. The lowest BCUT2D eigenvalue weighted by Gasteiger charge is -2.19. The summed E-state index contributed by atoms with van der Waals surface area (Å²) in [6.07, 6.45) is 1.22. The van der Waals surface area contributed by atoms with Gasteiger partial charge in [0, 0.05) is 5.92 Å². The van der Waals surface area contributed by atoms with Crippen LogP contribution in [-0.2, 0) is 15.1 Å². The molecule has 21 heavy (non-hydrogen) atoms. The molecule has 116 valence electrons. The summed E-state index contributed by atoms with van der Waals surface area (Å²) in [6.45, 7) is 2.94. The molecule has 1 fully saturated rings. The summed E-state index contributed by atoms with van der Waals surface area (Å²) in [6, 6.07) is -0.705. The molecule has 0 spiro atoms. The minimum atomic E-state index is -2.59. The predicted octanol–water partition coefficient (Wildman–Crippen LogP) is -0.0534. The molecular weight excluding hydrogens is 298 g/mol. The van der Waals surface area contributed by atoms with Crippen LogP contribution in [0.3, 0.4) is 0 Å². The molecule has 1 aromatic rings. The van der Waals surface area contributed by atoms with Gasteiger partial charge in [0.25, 0.3) is 11.8 Å². The van der Waals surface area contributed by atoms with Gasteiger partial charge in [-0.2, -0.15) is 13.4 Å². The Kier molecular flexibility index (Phi) is 4.73. The number of nitrogens with zero attached hydrogens (tertiary/aromatic N) is 2. The largest absolute Gasteiger partial charge is 0.381 e. The molecule has 0 aliphatic heterocycles. The Morgan fingerprint density at radius 3 is 2.71 bits per heavy atom. The van der Waals surface area contributed by atoms with Crippen molar-refractivity contribution in [1.82, 2.24) is 15.5 Å². The van der Waals surface area contributed by atoms with E-state index in [9.17, 15) is 18.3 Å². The van der Waals surface area contributed by atoms with Gasteiger partial charge >= 0.3 is 0 Å². The van der Waals surface area contributed by atoms with Gasteiger partial charge in [-0.1, -0.05) is 12.1 Å². The van der Waals surface area contributed by atoms with Gasteiger partial charge in [-0.15, -0.1) is 0 Å². The summed E-state index contributed by atoms with van der Waals surface area (Å²) in [5.74, 6) is 0.137. The minimum absolute atomic E-state index is 0.0324. The molecule has 2 rings (SSSR count). The highest BCUT2D eigenvalue weighted by atomic mass is 32.2. The van der Waals surface area contributed by atoms with Crippen molar-refractivity contribution in [1.29, 1.82) is 0 Å². The summed E-state index contributed by atoms with van der Waals surface area (Å²) in [5, 5.41) is 16.4. The second-order valence-electron chi connectivity index (χ2n) is 4.99. The lowest BCUT2D eigenvalue weighted by atomic mass is 10.1. The van der Waals surface area contributed by atoms with Crippen molar-refractivity contribution < 1.29 is 22.8 Å². The Morgan fingerprint density at radius 1 is 1.52 bits per heavy atom. The summed E-state index contributed by atoms with van der Waals surface area (Å²) >= 11 is 0. The first-order valence-electron chi connectivity index (χ1n) is 6.69. The third-order valence-electron chi connectivity index (χ3n) is 3.36. The van der Waals surface area contributed by atoms with E-state index in [-0.39, 0.29) is 10.8 Å². The number of rotatable bonds is 6. The normalized spacial score (nSPS) is 17.1. The highest BCUT2D eigenvalue weighted by Crippen LogP contribution is 2.38. The monoisotopic (exact) mass is 315 g/mol. The lowest BCUT2D eigenvalue weighted by molar-refractivity contribution is -0.116.